The second kappa shape index (κ2) is 5.67. The molecule has 18 heavy (non-hydrogen) atoms. The smallest absolute Gasteiger partial charge is 0.179 e. The first kappa shape index (κ1) is 14.9. The van der Waals surface area contributed by atoms with Gasteiger partial charge < -0.3 is 10.4 Å². The first-order valence-electron chi connectivity index (χ1n) is 5.93. The van der Waals surface area contributed by atoms with Gasteiger partial charge in [0.2, 0.25) is 0 Å². The molecule has 1 aromatic heterocycles. The summed E-state index contributed by atoms with van der Waals surface area (Å²) in [5.74, 6) is 0.292. The summed E-state index contributed by atoms with van der Waals surface area (Å²) in [7, 11) is -3.32. The van der Waals surface area contributed by atoms with Crippen molar-refractivity contribution in [3.8, 4) is 0 Å². The van der Waals surface area contributed by atoms with Gasteiger partial charge in [0.15, 0.2) is 9.84 Å². The molecule has 1 heterocycles. The molecule has 0 aromatic carbocycles. The van der Waals surface area contributed by atoms with Gasteiger partial charge in [-0.1, -0.05) is 13.8 Å². The Kier molecular flexibility index (Phi) is 4.70. The van der Waals surface area contributed by atoms with Crippen LogP contribution in [0.15, 0.2) is 23.2 Å². The monoisotopic (exact) mass is 272 g/mol. The first-order valence-corrected chi connectivity index (χ1v) is 7.83. The molecule has 2 N–H and O–H groups in total. The second-order valence-corrected chi connectivity index (χ2v) is 6.39. The van der Waals surface area contributed by atoms with E-state index >= 15 is 0 Å². The van der Waals surface area contributed by atoms with Gasteiger partial charge in [0, 0.05) is 19.0 Å². The summed E-state index contributed by atoms with van der Waals surface area (Å²) < 4.78 is 23.1. The fourth-order valence-corrected chi connectivity index (χ4v) is 2.37. The van der Waals surface area contributed by atoms with Crippen molar-refractivity contribution < 1.29 is 13.5 Å². The van der Waals surface area contributed by atoms with E-state index in [4.69, 9.17) is 0 Å². The summed E-state index contributed by atoms with van der Waals surface area (Å²) in [6.45, 7) is 4.06. The van der Waals surface area contributed by atoms with Crippen molar-refractivity contribution in [3.05, 3.63) is 18.3 Å². The van der Waals surface area contributed by atoms with Crippen molar-refractivity contribution in [1.82, 2.24) is 4.98 Å². The van der Waals surface area contributed by atoms with Crippen molar-refractivity contribution >= 4 is 15.7 Å². The molecule has 1 aromatic rings. The maximum atomic E-state index is 11.6. The molecule has 0 unspecified atom stereocenters. The number of pyridine rings is 1. The van der Waals surface area contributed by atoms with Crippen LogP contribution in [0.2, 0.25) is 0 Å². The lowest BCUT2D eigenvalue weighted by Crippen LogP contribution is -2.35. The SMILES string of the molecule is CCC(O)(CC)CNc1ncccc1S(C)(=O)=O. The highest BCUT2D eigenvalue weighted by molar-refractivity contribution is 7.90. The molecule has 0 fully saturated rings. The molecule has 0 saturated heterocycles. The zero-order valence-electron chi connectivity index (χ0n) is 11.0. The van der Waals surface area contributed by atoms with Crippen LogP contribution in [0, 0.1) is 0 Å². The maximum absolute atomic E-state index is 11.6. The molecule has 5 nitrogen and oxygen atoms in total. The molecule has 102 valence electrons. The van der Waals surface area contributed by atoms with E-state index in [1.54, 1.807) is 6.07 Å². The summed E-state index contributed by atoms with van der Waals surface area (Å²) >= 11 is 0. The Bertz CT molecular complexity index is 496. The van der Waals surface area contributed by atoms with Crippen LogP contribution in [0.1, 0.15) is 26.7 Å². The summed E-state index contributed by atoms with van der Waals surface area (Å²) in [4.78, 5) is 4.17. The third kappa shape index (κ3) is 3.68. The normalized spacial score (nSPS) is 12.4. The third-order valence-electron chi connectivity index (χ3n) is 3.07. The number of nitrogens with zero attached hydrogens (tertiary/aromatic N) is 1. The predicted molar refractivity (Wildman–Crippen MR) is 71.4 cm³/mol. The molecule has 6 heteroatoms. The summed E-state index contributed by atoms with van der Waals surface area (Å²) in [5.41, 5.74) is -0.841. The molecule has 0 spiro atoms. The fraction of sp³-hybridized carbons (Fsp3) is 0.583. The molecule has 0 aliphatic rings. The highest BCUT2D eigenvalue weighted by Gasteiger charge is 2.23. The van der Waals surface area contributed by atoms with Crippen LogP contribution in [0.3, 0.4) is 0 Å². The second-order valence-electron chi connectivity index (χ2n) is 4.41. The van der Waals surface area contributed by atoms with Crippen molar-refractivity contribution in [2.45, 2.75) is 37.2 Å². The van der Waals surface area contributed by atoms with E-state index in [1.807, 2.05) is 13.8 Å². The zero-order valence-corrected chi connectivity index (χ0v) is 11.8. The molecule has 0 aliphatic carbocycles. The quantitative estimate of drug-likeness (QED) is 0.819. The van der Waals surface area contributed by atoms with Crippen molar-refractivity contribution in [2.75, 3.05) is 18.1 Å². The summed E-state index contributed by atoms with van der Waals surface area (Å²) in [6.07, 6.45) is 3.85. The van der Waals surface area contributed by atoms with Crippen LogP contribution in [0.5, 0.6) is 0 Å². The standard InChI is InChI=1S/C12H20N2O3S/c1-4-12(15,5-2)9-14-11-10(18(3,16)17)7-6-8-13-11/h6-8,15H,4-5,9H2,1-3H3,(H,13,14). The lowest BCUT2D eigenvalue weighted by molar-refractivity contribution is 0.0456. The number of rotatable bonds is 6. The molecular weight excluding hydrogens is 252 g/mol. The van der Waals surface area contributed by atoms with Crippen LogP contribution in [-0.4, -0.2) is 36.9 Å². The van der Waals surface area contributed by atoms with Gasteiger partial charge in [0.1, 0.15) is 10.7 Å². The Balaban J connectivity index is 2.93. The average Bonchev–Trinajstić information content (AvgIpc) is 2.35. The third-order valence-corrected chi connectivity index (χ3v) is 4.20. The molecule has 0 radical (unpaired) electrons. The molecule has 0 amide bonds. The van der Waals surface area contributed by atoms with E-state index in [0.717, 1.165) is 6.26 Å². The number of hydrogen-bond acceptors (Lipinski definition) is 5. The van der Waals surface area contributed by atoms with Crippen LogP contribution in [0.25, 0.3) is 0 Å². The van der Waals surface area contributed by atoms with Crippen LogP contribution >= 0.6 is 0 Å². The van der Waals surface area contributed by atoms with E-state index < -0.39 is 15.4 Å². The topological polar surface area (TPSA) is 79.3 Å². The number of sulfone groups is 1. The molecule has 0 aliphatic heterocycles. The fourth-order valence-electron chi connectivity index (χ4n) is 1.57. The Morgan fingerprint density at radius 1 is 1.39 bits per heavy atom. The minimum atomic E-state index is -3.32. The lowest BCUT2D eigenvalue weighted by Gasteiger charge is -2.26. The van der Waals surface area contributed by atoms with Crippen molar-refractivity contribution in [3.63, 3.8) is 0 Å². The van der Waals surface area contributed by atoms with Crippen LogP contribution in [-0.2, 0) is 9.84 Å². The maximum Gasteiger partial charge on any atom is 0.179 e. The van der Waals surface area contributed by atoms with E-state index in [9.17, 15) is 13.5 Å². The largest absolute Gasteiger partial charge is 0.388 e. The minimum Gasteiger partial charge on any atom is -0.388 e. The van der Waals surface area contributed by atoms with Gasteiger partial charge in [0.05, 0.1) is 5.60 Å². The molecule has 0 atom stereocenters. The Labute approximate surface area is 108 Å². The van der Waals surface area contributed by atoms with E-state index in [0.29, 0.717) is 18.7 Å². The van der Waals surface area contributed by atoms with Gasteiger partial charge >= 0.3 is 0 Å². The van der Waals surface area contributed by atoms with Gasteiger partial charge in [-0.15, -0.1) is 0 Å². The summed E-state index contributed by atoms with van der Waals surface area (Å²) in [6, 6.07) is 3.08. The van der Waals surface area contributed by atoms with Crippen molar-refractivity contribution in [2.24, 2.45) is 0 Å². The number of anilines is 1. The van der Waals surface area contributed by atoms with E-state index in [2.05, 4.69) is 10.3 Å². The molecular formula is C12H20N2O3S. The Hall–Kier alpha value is -1.14. The van der Waals surface area contributed by atoms with E-state index in [-0.39, 0.29) is 11.4 Å². The molecule has 0 bridgehead atoms. The van der Waals surface area contributed by atoms with Crippen LogP contribution < -0.4 is 5.32 Å². The van der Waals surface area contributed by atoms with Gasteiger partial charge in [-0.25, -0.2) is 13.4 Å². The highest BCUT2D eigenvalue weighted by atomic mass is 32.2. The van der Waals surface area contributed by atoms with Gasteiger partial charge in [0.25, 0.3) is 0 Å². The van der Waals surface area contributed by atoms with E-state index in [1.165, 1.54) is 12.3 Å². The number of nitrogens with one attached hydrogen (secondary N) is 1. The molecule has 0 saturated carbocycles. The number of hydrogen-bond donors (Lipinski definition) is 2. The Morgan fingerprint density at radius 2 is 2.00 bits per heavy atom. The minimum absolute atomic E-state index is 0.152. The predicted octanol–water partition coefficient (Wildman–Crippen LogP) is 1.45. The van der Waals surface area contributed by atoms with Gasteiger partial charge in [-0.05, 0) is 25.0 Å². The van der Waals surface area contributed by atoms with Crippen LogP contribution in [0.4, 0.5) is 5.82 Å². The average molecular weight is 272 g/mol. The Morgan fingerprint density at radius 3 is 2.50 bits per heavy atom. The number of aromatic nitrogens is 1. The van der Waals surface area contributed by atoms with Gasteiger partial charge in [-0.2, -0.15) is 0 Å². The summed E-state index contributed by atoms with van der Waals surface area (Å²) in [5, 5.41) is 13.1. The zero-order chi connectivity index (χ0) is 13.8. The van der Waals surface area contributed by atoms with Gasteiger partial charge in [-0.3, -0.25) is 0 Å². The highest BCUT2D eigenvalue weighted by Crippen LogP contribution is 2.20. The lowest BCUT2D eigenvalue weighted by atomic mass is 9.98. The first-order chi connectivity index (χ1) is 8.32. The number of aliphatic hydroxyl groups is 1. The molecule has 1 rings (SSSR count). The van der Waals surface area contributed by atoms with Crippen molar-refractivity contribution in [1.29, 1.82) is 0 Å².